The van der Waals surface area contributed by atoms with Crippen LogP contribution in [0.3, 0.4) is 0 Å². The Hall–Kier alpha value is -1.69. The molecule has 0 saturated heterocycles. The van der Waals surface area contributed by atoms with Gasteiger partial charge in [0.25, 0.3) is 11.7 Å². The summed E-state index contributed by atoms with van der Waals surface area (Å²) < 4.78 is 0.763. The number of carbonyl (C=O) groups is 3. The van der Waals surface area contributed by atoms with Crippen molar-refractivity contribution in [2.75, 3.05) is 24.5 Å². The second kappa shape index (κ2) is 5.75. The van der Waals surface area contributed by atoms with E-state index in [9.17, 15) is 14.4 Å². The second-order valence-corrected chi connectivity index (χ2v) is 5.36. The molecular weight excluding hydrogens is 324 g/mol. The van der Waals surface area contributed by atoms with Gasteiger partial charge in [0.1, 0.15) is 6.54 Å². The van der Waals surface area contributed by atoms with E-state index in [2.05, 4.69) is 15.9 Å². The van der Waals surface area contributed by atoms with Gasteiger partial charge in [-0.2, -0.15) is 0 Å². The number of ketones is 1. The fourth-order valence-electron chi connectivity index (χ4n) is 2.24. The van der Waals surface area contributed by atoms with Crippen molar-refractivity contribution in [2.45, 2.75) is 13.8 Å². The summed E-state index contributed by atoms with van der Waals surface area (Å²) in [6.45, 7) is 4.81. The number of benzene rings is 1. The zero-order chi connectivity index (χ0) is 14.9. The first-order valence-electron chi connectivity index (χ1n) is 6.43. The van der Waals surface area contributed by atoms with Gasteiger partial charge in [-0.1, -0.05) is 15.9 Å². The molecule has 0 fully saturated rings. The number of hydrogen-bond acceptors (Lipinski definition) is 3. The molecule has 2 amide bonds. The van der Waals surface area contributed by atoms with Gasteiger partial charge in [-0.05, 0) is 32.0 Å². The molecule has 5 nitrogen and oxygen atoms in total. The van der Waals surface area contributed by atoms with Gasteiger partial charge in [0.2, 0.25) is 5.91 Å². The van der Waals surface area contributed by atoms with Crippen LogP contribution in [0.1, 0.15) is 24.2 Å². The first-order chi connectivity index (χ1) is 9.49. The topological polar surface area (TPSA) is 57.7 Å². The zero-order valence-corrected chi connectivity index (χ0v) is 12.9. The molecule has 0 saturated carbocycles. The van der Waals surface area contributed by atoms with Crippen molar-refractivity contribution in [3.05, 3.63) is 28.2 Å². The third kappa shape index (κ3) is 2.47. The summed E-state index contributed by atoms with van der Waals surface area (Å²) in [5, 5.41) is 0. The highest BCUT2D eigenvalue weighted by molar-refractivity contribution is 9.10. The maximum atomic E-state index is 12.1. The highest BCUT2D eigenvalue weighted by Crippen LogP contribution is 2.31. The Morgan fingerprint density at radius 1 is 1.25 bits per heavy atom. The van der Waals surface area contributed by atoms with Crippen LogP contribution in [0.15, 0.2) is 22.7 Å². The summed E-state index contributed by atoms with van der Waals surface area (Å²) >= 11 is 3.31. The summed E-state index contributed by atoms with van der Waals surface area (Å²) in [6.07, 6.45) is 0. The summed E-state index contributed by atoms with van der Waals surface area (Å²) in [5.41, 5.74) is 0.848. The lowest BCUT2D eigenvalue weighted by Gasteiger charge is -2.23. The first kappa shape index (κ1) is 14.7. The molecular formula is C14H15BrN2O3. The third-order valence-corrected chi connectivity index (χ3v) is 3.84. The van der Waals surface area contributed by atoms with Crippen molar-refractivity contribution in [3.8, 4) is 0 Å². The number of hydrogen-bond donors (Lipinski definition) is 0. The largest absolute Gasteiger partial charge is 0.342 e. The van der Waals surface area contributed by atoms with Gasteiger partial charge in [-0.15, -0.1) is 0 Å². The van der Waals surface area contributed by atoms with E-state index in [1.807, 2.05) is 13.8 Å². The molecule has 1 heterocycles. The Balaban J connectivity index is 2.30. The number of anilines is 1. The lowest BCUT2D eigenvalue weighted by molar-refractivity contribution is -0.130. The predicted molar refractivity (Wildman–Crippen MR) is 78.8 cm³/mol. The van der Waals surface area contributed by atoms with Gasteiger partial charge in [-0.25, -0.2) is 0 Å². The van der Waals surface area contributed by atoms with E-state index in [1.54, 1.807) is 23.1 Å². The number of carbonyl (C=O) groups excluding carboxylic acids is 3. The van der Waals surface area contributed by atoms with Crippen molar-refractivity contribution in [1.82, 2.24) is 4.90 Å². The van der Waals surface area contributed by atoms with Gasteiger partial charge >= 0.3 is 0 Å². The van der Waals surface area contributed by atoms with E-state index in [0.29, 0.717) is 24.3 Å². The van der Waals surface area contributed by atoms with Crippen molar-refractivity contribution in [1.29, 1.82) is 0 Å². The third-order valence-electron chi connectivity index (χ3n) is 3.34. The fourth-order valence-corrected chi connectivity index (χ4v) is 2.58. The number of nitrogens with zero attached hydrogens (tertiary/aromatic N) is 2. The van der Waals surface area contributed by atoms with Crippen LogP contribution < -0.4 is 4.90 Å². The van der Waals surface area contributed by atoms with Gasteiger partial charge < -0.3 is 4.90 Å². The van der Waals surface area contributed by atoms with Gasteiger partial charge in [0, 0.05) is 17.6 Å². The monoisotopic (exact) mass is 338 g/mol. The van der Waals surface area contributed by atoms with Crippen LogP contribution >= 0.6 is 15.9 Å². The highest BCUT2D eigenvalue weighted by Gasteiger charge is 2.37. The molecule has 0 N–H and O–H groups in total. The second-order valence-electron chi connectivity index (χ2n) is 4.45. The molecule has 0 aromatic heterocycles. The molecule has 0 unspecified atom stereocenters. The summed E-state index contributed by atoms with van der Waals surface area (Å²) in [7, 11) is 0. The van der Waals surface area contributed by atoms with E-state index in [-0.39, 0.29) is 12.5 Å². The summed E-state index contributed by atoms with van der Waals surface area (Å²) in [5.74, 6) is -1.36. The predicted octanol–water partition coefficient (Wildman–Crippen LogP) is 1.85. The van der Waals surface area contributed by atoms with Gasteiger partial charge in [0.05, 0.1) is 11.3 Å². The smallest absolute Gasteiger partial charge is 0.299 e. The maximum absolute atomic E-state index is 12.1. The molecule has 0 spiro atoms. The van der Waals surface area contributed by atoms with Gasteiger partial charge in [-0.3, -0.25) is 19.3 Å². The lowest BCUT2D eigenvalue weighted by atomic mass is 10.1. The van der Waals surface area contributed by atoms with Crippen molar-refractivity contribution in [3.63, 3.8) is 0 Å². The number of halogens is 1. The number of rotatable bonds is 4. The van der Waals surface area contributed by atoms with Crippen LogP contribution in [0.4, 0.5) is 5.69 Å². The molecule has 1 aliphatic heterocycles. The van der Waals surface area contributed by atoms with E-state index in [0.717, 1.165) is 4.47 Å². The van der Waals surface area contributed by atoms with Crippen molar-refractivity contribution >= 4 is 39.2 Å². The van der Waals surface area contributed by atoms with E-state index in [4.69, 9.17) is 0 Å². The van der Waals surface area contributed by atoms with E-state index < -0.39 is 11.7 Å². The van der Waals surface area contributed by atoms with E-state index >= 15 is 0 Å². The Bertz CT molecular complexity index is 582. The van der Waals surface area contributed by atoms with Crippen molar-refractivity contribution in [2.24, 2.45) is 0 Å². The van der Waals surface area contributed by atoms with Gasteiger partial charge in [0.15, 0.2) is 0 Å². The number of fused-ring (bicyclic) bond motifs is 1. The highest BCUT2D eigenvalue weighted by atomic mass is 79.9. The maximum Gasteiger partial charge on any atom is 0.299 e. The molecule has 1 aliphatic rings. The number of amides is 2. The minimum Gasteiger partial charge on any atom is -0.342 e. The number of Topliss-reactive ketones (excluding diaryl/α,β-unsaturated/α-hetero) is 1. The molecule has 0 atom stereocenters. The van der Waals surface area contributed by atoms with Crippen LogP contribution in [0.2, 0.25) is 0 Å². The molecule has 20 heavy (non-hydrogen) atoms. The average Bonchev–Trinajstić information content (AvgIpc) is 2.65. The van der Waals surface area contributed by atoms with Crippen LogP contribution in [0, 0.1) is 0 Å². The summed E-state index contributed by atoms with van der Waals surface area (Å²) in [6, 6.07) is 4.99. The van der Waals surface area contributed by atoms with Crippen LogP contribution in [0.25, 0.3) is 0 Å². The standard InChI is InChI=1S/C14H15BrN2O3/c1-3-16(4-2)12(18)8-17-11-7-9(15)5-6-10(11)13(19)14(17)20/h5-7H,3-4,8H2,1-2H3. The van der Waals surface area contributed by atoms with Crippen LogP contribution in [-0.2, 0) is 9.59 Å². The normalized spacial score (nSPS) is 13.7. The Morgan fingerprint density at radius 3 is 2.50 bits per heavy atom. The van der Waals surface area contributed by atoms with Crippen LogP contribution in [0.5, 0.6) is 0 Å². The molecule has 0 bridgehead atoms. The lowest BCUT2D eigenvalue weighted by Crippen LogP contribution is -2.42. The number of likely N-dealkylation sites (N-methyl/N-ethyl adjacent to an activating group) is 1. The molecule has 0 radical (unpaired) electrons. The van der Waals surface area contributed by atoms with Crippen molar-refractivity contribution < 1.29 is 14.4 Å². The molecule has 6 heteroatoms. The summed E-state index contributed by atoms with van der Waals surface area (Å²) in [4.78, 5) is 38.9. The van der Waals surface area contributed by atoms with E-state index in [1.165, 1.54) is 4.90 Å². The fraction of sp³-hybridized carbons (Fsp3) is 0.357. The molecule has 106 valence electrons. The first-order valence-corrected chi connectivity index (χ1v) is 7.22. The Labute approximate surface area is 125 Å². The SMILES string of the molecule is CCN(CC)C(=O)CN1C(=O)C(=O)c2ccc(Br)cc21. The average molecular weight is 339 g/mol. The molecule has 2 rings (SSSR count). The quantitative estimate of drug-likeness (QED) is 0.787. The minimum atomic E-state index is -0.640. The molecule has 1 aromatic carbocycles. The Kier molecular flexibility index (Phi) is 4.23. The Morgan fingerprint density at radius 2 is 1.90 bits per heavy atom. The zero-order valence-electron chi connectivity index (χ0n) is 11.4. The molecule has 1 aromatic rings. The molecule has 0 aliphatic carbocycles. The van der Waals surface area contributed by atoms with Crippen LogP contribution in [-0.4, -0.2) is 42.1 Å². The minimum absolute atomic E-state index is 0.101.